The fourth-order valence-corrected chi connectivity index (χ4v) is 2.98. The van der Waals surface area contributed by atoms with Crippen LogP contribution in [0.5, 0.6) is 0 Å². The zero-order valence-electron chi connectivity index (χ0n) is 12.3. The molecule has 18 heavy (non-hydrogen) atoms. The number of likely N-dealkylation sites (N-methyl/N-ethyl adjacent to an activating group) is 1. The monoisotopic (exact) mass is 255 g/mol. The molecule has 1 fully saturated rings. The zero-order valence-corrected chi connectivity index (χ0v) is 12.3. The van der Waals surface area contributed by atoms with Crippen LogP contribution in [0.15, 0.2) is 0 Å². The van der Waals surface area contributed by atoms with Crippen LogP contribution in [0.2, 0.25) is 0 Å². The molecule has 1 saturated carbocycles. The van der Waals surface area contributed by atoms with Gasteiger partial charge in [-0.2, -0.15) is 0 Å². The maximum Gasteiger partial charge on any atom is 0.238 e. The van der Waals surface area contributed by atoms with Gasteiger partial charge in [0.2, 0.25) is 5.91 Å². The fraction of sp³-hybridized carbons (Fsp3) is 0.929. The minimum absolute atomic E-state index is 0.252. The van der Waals surface area contributed by atoms with Gasteiger partial charge in [0, 0.05) is 18.6 Å². The summed E-state index contributed by atoms with van der Waals surface area (Å²) < 4.78 is 0. The van der Waals surface area contributed by atoms with Crippen molar-refractivity contribution in [3.63, 3.8) is 0 Å². The molecular weight excluding hydrogens is 226 g/mol. The molecule has 1 unspecified atom stereocenters. The molecule has 0 aromatic heterocycles. The lowest BCUT2D eigenvalue weighted by Crippen LogP contribution is -2.61. The van der Waals surface area contributed by atoms with Crippen LogP contribution in [-0.2, 0) is 4.79 Å². The van der Waals surface area contributed by atoms with Crippen LogP contribution >= 0.6 is 0 Å². The topological polar surface area (TPSA) is 58.4 Å². The van der Waals surface area contributed by atoms with Crippen LogP contribution < -0.4 is 11.1 Å². The van der Waals surface area contributed by atoms with Crippen LogP contribution in [0.1, 0.15) is 52.9 Å². The van der Waals surface area contributed by atoms with Gasteiger partial charge in [0.15, 0.2) is 0 Å². The van der Waals surface area contributed by atoms with Crippen molar-refractivity contribution in [1.29, 1.82) is 0 Å². The lowest BCUT2D eigenvalue weighted by Gasteiger charge is -2.38. The van der Waals surface area contributed by atoms with Crippen molar-refractivity contribution in [2.75, 3.05) is 13.6 Å². The van der Waals surface area contributed by atoms with Crippen molar-refractivity contribution in [2.45, 2.75) is 70.5 Å². The Kier molecular flexibility index (Phi) is 5.60. The predicted molar refractivity (Wildman–Crippen MR) is 75.4 cm³/mol. The number of hydrogen-bond donors (Lipinski definition) is 2. The quantitative estimate of drug-likeness (QED) is 0.756. The molecule has 1 amide bonds. The lowest BCUT2D eigenvalue weighted by atomic mass is 9.92. The second-order valence-corrected chi connectivity index (χ2v) is 6.20. The van der Waals surface area contributed by atoms with Gasteiger partial charge in [-0.25, -0.2) is 0 Å². The second-order valence-electron chi connectivity index (χ2n) is 6.20. The molecule has 0 heterocycles. The summed E-state index contributed by atoms with van der Waals surface area (Å²) in [5, 5.41) is 3.31. The summed E-state index contributed by atoms with van der Waals surface area (Å²) in [6, 6.07) is 0.855. The Morgan fingerprint density at radius 3 is 2.39 bits per heavy atom. The van der Waals surface area contributed by atoms with E-state index >= 15 is 0 Å². The van der Waals surface area contributed by atoms with E-state index in [9.17, 15) is 4.79 Å². The summed E-state index contributed by atoms with van der Waals surface area (Å²) in [6.07, 6.45) is 6.45. The molecule has 0 radical (unpaired) electrons. The number of nitrogens with one attached hydrogen (secondary N) is 1. The maximum absolute atomic E-state index is 11.7. The Bertz CT molecular complexity index is 274. The van der Waals surface area contributed by atoms with Gasteiger partial charge in [-0.1, -0.05) is 19.3 Å². The first-order valence-corrected chi connectivity index (χ1v) is 7.13. The van der Waals surface area contributed by atoms with E-state index < -0.39 is 5.54 Å². The molecule has 1 atom stereocenters. The highest BCUT2D eigenvalue weighted by molar-refractivity contribution is 5.84. The van der Waals surface area contributed by atoms with Gasteiger partial charge < -0.3 is 16.0 Å². The van der Waals surface area contributed by atoms with Crippen LogP contribution in [0, 0.1) is 0 Å². The SMILES string of the molecule is CC(C)NC(C)(CN(C)C1CCCCC1)C(N)=O. The molecule has 0 saturated heterocycles. The number of nitrogens with two attached hydrogens (primary N) is 1. The third-order valence-corrected chi connectivity index (χ3v) is 3.91. The van der Waals surface area contributed by atoms with E-state index in [1.807, 2.05) is 20.8 Å². The number of nitrogens with zero attached hydrogens (tertiary/aromatic N) is 1. The normalized spacial score (nSPS) is 21.2. The van der Waals surface area contributed by atoms with Crippen molar-refractivity contribution in [2.24, 2.45) is 5.73 Å². The van der Waals surface area contributed by atoms with Crippen molar-refractivity contribution in [1.82, 2.24) is 10.2 Å². The highest BCUT2D eigenvalue weighted by Crippen LogP contribution is 2.23. The minimum atomic E-state index is -0.639. The van der Waals surface area contributed by atoms with Gasteiger partial charge in [-0.3, -0.25) is 4.79 Å². The lowest BCUT2D eigenvalue weighted by molar-refractivity contribution is -0.125. The van der Waals surface area contributed by atoms with Crippen LogP contribution in [0.4, 0.5) is 0 Å². The number of carbonyl (C=O) groups excluding carboxylic acids is 1. The molecule has 0 aromatic carbocycles. The zero-order chi connectivity index (χ0) is 13.8. The Labute approximate surface area is 111 Å². The van der Waals surface area contributed by atoms with Crippen LogP contribution in [-0.4, -0.2) is 42.0 Å². The molecule has 4 nitrogen and oxygen atoms in total. The predicted octanol–water partition coefficient (Wildman–Crippen LogP) is 1.49. The van der Waals surface area contributed by atoms with Crippen molar-refractivity contribution in [3.8, 4) is 0 Å². The van der Waals surface area contributed by atoms with E-state index in [0.29, 0.717) is 12.6 Å². The van der Waals surface area contributed by atoms with Gasteiger partial charge in [-0.05, 0) is 40.7 Å². The molecule has 1 aliphatic rings. The number of amides is 1. The largest absolute Gasteiger partial charge is 0.368 e. The van der Waals surface area contributed by atoms with Gasteiger partial charge in [-0.15, -0.1) is 0 Å². The van der Waals surface area contributed by atoms with Gasteiger partial charge in [0.25, 0.3) is 0 Å². The molecular formula is C14H29N3O. The minimum Gasteiger partial charge on any atom is -0.368 e. The molecule has 0 aliphatic heterocycles. The standard InChI is InChI=1S/C14H29N3O/c1-11(2)16-14(3,13(15)18)10-17(4)12-8-6-5-7-9-12/h11-12,16H,5-10H2,1-4H3,(H2,15,18). The highest BCUT2D eigenvalue weighted by Gasteiger charge is 2.34. The summed E-state index contributed by atoms with van der Waals surface area (Å²) in [5.74, 6) is -0.265. The van der Waals surface area contributed by atoms with Crippen molar-refractivity contribution < 1.29 is 4.79 Å². The summed E-state index contributed by atoms with van der Waals surface area (Å²) in [4.78, 5) is 14.0. The van der Waals surface area contributed by atoms with E-state index in [4.69, 9.17) is 5.73 Å². The summed E-state index contributed by atoms with van der Waals surface area (Å²) in [5.41, 5.74) is 4.93. The highest BCUT2D eigenvalue weighted by atomic mass is 16.1. The third-order valence-electron chi connectivity index (χ3n) is 3.91. The number of hydrogen-bond acceptors (Lipinski definition) is 3. The molecule has 0 spiro atoms. The Balaban J connectivity index is 2.61. The second kappa shape index (κ2) is 6.53. The molecule has 0 aromatic rings. The molecule has 3 N–H and O–H groups in total. The maximum atomic E-state index is 11.7. The molecule has 106 valence electrons. The molecule has 1 aliphatic carbocycles. The first-order valence-electron chi connectivity index (χ1n) is 7.13. The number of rotatable bonds is 6. The van der Waals surface area contributed by atoms with Crippen molar-refractivity contribution in [3.05, 3.63) is 0 Å². The fourth-order valence-electron chi connectivity index (χ4n) is 2.98. The van der Waals surface area contributed by atoms with Crippen molar-refractivity contribution >= 4 is 5.91 Å². The Morgan fingerprint density at radius 2 is 1.94 bits per heavy atom. The first kappa shape index (κ1) is 15.4. The average molecular weight is 255 g/mol. The van der Waals surface area contributed by atoms with Gasteiger partial charge >= 0.3 is 0 Å². The number of primary amides is 1. The Morgan fingerprint density at radius 1 is 1.39 bits per heavy atom. The summed E-state index contributed by atoms with van der Waals surface area (Å²) in [7, 11) is 2.11. The van der Waals surface area contributed by atoms with E-state index in [-0.39, 0.29) is 11.9 Å². The van der Waals surface area contributed by atoms with Crippen LogP contribution in [0.25, 0.3) is 0 Å². The first-order chi connectivity index (χ1) is 8.35. The summed E-state index contributed by atoms with van der Waals surface area (Å²) in [6.45, 7) is 6.68. The van der Waals surface area contributed by atoms with Gasteiger partial charge in [0.05, 0.1) is 0 Å². The smallest absolute Gasteiger partial charge is 0.238 e. The third kappa shape index (κ3) is 4.25. The van der Waals surface area contributed by atoms with E-state index in [0.717, 1.165) is 0 Å². The molecule has 4 heteroatoms. The van der Waals surface area contributed by atoms with E-state index in [2.05, 4.69) is 17.3 Å². The Hall–Kier alpha value is -0.610. The average Bonchev–Trinajstić information content (AvgIpc) is 2.28. The summed E-state index contributed by atoms with van der Waals surface area (Å²) >= 11 is 0. The molecule has 1 rings (SSSR count). The number of carbonyl (C=O) groups is 1. The van der Waals surface area contributed by atoms with Gasteiger partial charge in [0.1, 0.15) is 5.54 Å². The van der Waals surface area contributed by atoms with E-state index in [1.165, 1.54) is 32.1 Å². The molecule has 0 bridgehead atoms. The van der Waals surface area contributed by atoms with E-state index in [1.54, 1.807) is 0 Å². The van der Waals surface area contributed by atoms with Crippen LogP contribution in [0.3, 0.4) is 0 Å².